The molecule has 10 heteroatoms. The van der Waals surface area contributed by atoms with Crippen LogP contribution in [0, 0.1) is 0 Å². The molecular weight excluding hydrogens is 452 g/mol. The summed E-state index contributed by atoms with van der Waals surface area (Å²) in [4.78, 5) is 28.1. The van der Waals surface area contributed by atoms with Crippen molar-refractivity contribution in [1.29, 1.82) is 0 Å². The van der Waals surface area contributed by atoms with Gasteiger partial charge in [0.25, 0.3) is 0 Å². The summed E-state index contributed by atoms with van der Waals surface area (Å²) in [5, 5.41) is 3.17. The molecule has 172 valence electrons. The first-order chi connectivity index (χ1) is 15.2. The van der Waals surface area contributed by atoms with E-state index in [4.69, 9.17) is 11.6 Å². The number of hydrogen-bond donors (Lipinski definition) is 1. The van der Waals surface area contributed by atoms with E-state index in [1.807, 2.05) is 18.2 Å². The van der Waals surface area contributed by atoms with Gasteiger partial charge in [0.05, 0.1) is 29.6 Å². The van der Waals surface area contributed by atoms with E-state index in [2.05, 4.69) is 5.32 Å². The Morgan fingerprint density at radius 2 is 1.59 bits per heavy atom. The fraction of sp³-hybridized carbons (Fsp3) is 0.364. The van der Waals surface area contributed by atoms with E-state index in [0.717, 1.165) is 5.56 Å². The Labute approximate surface area is 193 Å². The number of anilines is 1. The third kappa shape index (κ3) is 6.77. The van der Waals surface area contributed by atoms with Gasteiger partial charge in [-0.15, -0.1) is 0 Å². The Bertz CT molecular complexity index is 1040. The Morgan fingerprint density at radius 1 is 0.969 bits per heavy atom. The van der Waals surface area contributed by atoms with Crippen molar-refractivity contribution in [3.63, 3.8) is 0 Å². The van der Waals surface area contributed by atoms with Crippen molar-refractivity contribution >= 4 is 39.1 Å². The number of nitrogens with zero attached hydrogens (tertiary/aromatic N) is 3. The maximum Gasteiger partial charge on any atom is 0.238 e. The zero-order valence-electron chi connectivity index (χ0n) is 17.9. The number of sulfonamides is 1. The third-order valence-corrected chi connectivity index (χ3v) is 7.32. The summed E-state index contributed by atoms with van der Waals surface area (Å²) in [6.07, 6.45) is 0. The minimum Gasteiger partial charge on any atom is -0.339 e. The number of likely N-dealkylation sites (N-methyl/N-ethyl adjacent to an activating group) is 1. The van der Waals surface area contributed by atoms with E-state index in [1.54, 1.807) is 53.2 Å². The molecule has 1 saturated heterocycles. The molecule has 0 atom stereocenters. The molecule has 32 heavy (non-hydrogen) atoms. The van der Waals surface area contributed by atoms with Crippen molar-refractivity contribution in [2.45, 2.75) is 5.75 Å². The lowest BCUT2D eigenvalue weighted by molar-refractivity contribution is -0.133. The van der Waals surface area contributed by atoms with Crippen LogP contribution < -0.4 is 5.32 Å². The van der Waals surface area contributed by atoms with E-state index in [0.29, 0.717) is 23.8 Å². The molecule has 1 aliphatic rings. The highest BCUT2D eigenvalue weighted by Crippen LogP contribution is 2.20. The second-order valence-corrected chi connectivity index (χ2v) is 10.1. The van der Waals surface area contributed by atoms with E-state index in [-0.39, 0.29) is 43.7 Å². The summed E-state index contributed by atoms with van der Waals surface area (Å²) in [6, 6.07) is 16.0. The first-order valence-corrected chi connectivity index (χ1v) is 12.3. The van der Waals surface area contributed by atoms with Gasteiger partial charge in [-0.1, -0.05) is 54.1 Å². The van der Waals surface area contributed by atoms with Crippen molar-refractivity contribution in [3.8, 4) is 0 Å². The summed E-state index contributed by atoms with van der Waals surface area (Å²) in [5.74, 6) is -0.464. The van der Waals surface area contributed by atoms with Gasteiger partial charge in [0, 0.05) is 26.2 Å². The van der Waals surface area contributed by atoms with Crippen LogP contribution in [0.3, 0.4) is 0 Å². The van der Waals surface area contributed by atoms with Crippen molar-refractivity contribution < 1.29 is 18.0 Å². The molecule has 0 spiro atoms. The van der Waals surface area contributed by atoms with E-state index in [1.165, 1.54) is 4.31 Å². The van der Waals surface area contributed by atoms with Crippen molar-refractivity contribution in [1.82, 2.24) is 14.1 Å². The van der Waals surface area contributed by atoms with Crippen molar-refractivity contribution in [2.75, 3.05) is 51.6 Å². The van der Waals surface area contributed by atoms with Crippen LogP contribution >= 0.6 is 11.6 Å². The molecule has 1 fully saturated rings. The SMILES string of the molecule is CN(CC(=O)Nc1ccccc1Cl)CC(=O)N1CCN(S(=O)(=O)Cc2ccccc2)CC1. The molecular formula is C22H27ClN4O4S. The molecule has 1 aliphatic heterocycles. The minimum absolute atomic E-state index is 0.0301. The number of para-hydroxylation sites is 1. The molecule has 2 aromatic carbocycles. The van der Waals surface area contributed by atoms with Gasteiger partial charge in [0.2, 0.25) is 21.8 Å². The number of carbonyl (C=O) groups excluding carboxylic acids is 2. The number of rotatable bonds is 8. The maximum absolute atomic E-state index is 12.7. The monoisotopic (exact) mass is 478 g/mol. The predicted molar refractivity (Wildman–Crippen MR) is 125 cm³/mol. The first-order valence-electron chi connectivity index (χ1n) is 10.3. The molecule has 1 heterocycles. The highest BCUT2D eigenvalue weighted by molar-refractivity contribution is 7.88. The van der Waals surface area contributed by atoms with E-state index >= 15 is 0 Å². The summed E-state index contributed by atoms with van der Waals surface area (Å²) in [7, 11) is -1.75. The van der Waals surface area contributed by atoms with Crippen molar-refractivity contribution in [2.24, 2.45) is 0 Å². The maximum atomic E-state index is 12.7. The lowest BCUT2D eigenvalue weighted by Crippen LogP contribution is -2.52. The highest BCUT2D eigenvalue weighted by atomic mass is 35.5. The highest BCUT2D eigenvalue weighted by Gasteiger charge is 2.29. The third-order valence-electron chi connectivity index (χ3n) is 5.14. The molecule has 1 N–H and O–H groups in total. The summed E-state index contributed by atoms with van der Waals surface area (Å²) in [5.41, 5.74) is 1.26. The van der Waals surface area contributed by atoms with Gasteiger partial charge < -0.3 is 10.2 Å². The van der Waals surface area contributed by atoms with Crippen molar-refractivity contribution in [3.05, 3.63) is 65.2 Å². The van der Waals surface area contributed by atoms with E-state index < -0.39 is 10.0 Å². The normalized spacial score (nSPS) is 15.0. The van der Waals surface area contributed by atoms with Gasteiger partial charge in [0.15, 0.2) is 0 Å². The second-order valence-electron chi connectivity index (χ2n) is 7.72. The molecule has 2 aromatic rings. The Morgan fingerprint density at radius 3 is 2.25 bits per heavy atom. The molecule has 0 aliphatic carbocycles. The Balaban J connectivity index is 1.44. The van der Waals surface area contributed by atoms with Crippen LogP contribution in [0.5, 0.6) is 0 Å². The number of amides is 2. The minimum atomic E-state index is -3.44. The summed E-state index contributed by atoms with van der Waals surface area (Å²) < 4.78 is 26.8. The molecule has 0 unspecified atom stereocenters. The lowest BCUT2D eigenvalue weighted by Gasteiger charge is -2.34. The predicted octanol–water partition coefficient (Wildman–Crippen LogP) is 1.88. The number of hydrogen-bond acceptors (Lipinski definition) is 5. The number of halogens is 1. The van der Waals surface area contributed by atoms with Crippen LogP contribution in [-0.2, 0) is 25.4 Å². The zero-order chi connectivity index (χ0) is 23.1. The van der Waals surface area contributed by atoms with E-state index in [9.17, 15) is 18.0 Å². The van der Waals surface area contributed by atoms with Gasteiger partial charge >= 0.3 is 0 Å². The number of piperazine rings is 1. The molecule has 3 rings (SSSR count). The van der Waals surface area contributed by atoms with Crippen LogP contribution in [0.25, 0.3) is 0 Å². The average Bonchev–Trinajstić information content (AvgIpc) is 2.75. The van der Waals surface area contributed by atoms with Crippen LogP contribution in [0.4, 0.5) is 5.69 Å². The number of benzene rings is 2. The Hall–Kier alpha value is -2.46. The lowest BCUT2D eigenvalue weighted by atomic mass is 10.2. The largest absolute Gasteiger partial charge is 0.339 e. The topological polar surface area (TPSA) is 90.0 Å². The van der Waals surface area contributed by atoms with Gasteiger partial charge in [-0.3, -0.25) is 14.5 Å². The zero-order valence-corrected chi connectivity index (χ0v) is 19.5. The molecule has 0 bridgehead atoms. The van der Waals surface area contributed by atoms with Crippen LogP contribution in [-0.4, -0.2) is 80.7 Å². The second kappa shape index (κ2) is 10.9. The first kappa shape index (κ1) is 24.2. The molecule has 8 nitrogen and oxygen atoms in total. The molecule has 0 saturated carbocycles. The fourth-order valence-corrected chi connectivity index (χ4v) is 5.17. The number of nitrogens with one attached hydrogen (secondary N) is 1. The molecule has 2 amide bonds. The van der Waals surface area contributed by atoms with Gasteiger partial charge in [0.1, 0.15) is 0 Å². The van der Waals surface area contributed by atoms with Crippen LogP contribution in [0.15, 0.2) is 54.6 Å². The van der Waals surface area contributed by atoms with Gasteiger partial charge in [-0.05, 0) is 24.7 Å². The van der Waals surface area contributed by atoms with Gasteiger partial charge in [-0.25, -0.2) is 8.42 Å². The average molecular weight is 479 g/mol. The number of carbonyl (C=O) groups is 2. The standard InChI is InChI=1S/C22H27ClN4O4S/c1-25(15-21(28)24-20-10-6-5-9-19(20)23)16-22(29)26-11-13-27(14-12-26)32(30,31)17-18-7-3-2-4-8-18/h2-10H,11-17H2,1H3,(H,24,28). The van der Waals surface area contributed by atoms with Crippen LogP contribution in [0.2, 0.25) is 5.02 Å². The molecule has 0 aromatic heterocycles. The van der Waals surface area contributed by atoms with Crippen LogP contribution in [0.1, 0.15) is 5.56 Å². The van der Waals surface area contributed by atoms with Gasteiger partial charge in [-0.2, -0.15) is 4.31 Å². The summed E-state index contributed by atoms with van der Waals surface area (Å²) in [6.45, 7) is 1.27. The smallest absolute Gasteiger partial charge is 0.238 e. The summed E-state index contributed by atoms with van der Waals surface area (Å²) >= 11 is 6.04. The quantitative estimate of drug-likeness (QED) is 0.625. The fourth-order valence-electron chi connectivity index (χ4n) is 3.48. The molecule has 0 radical (unpaired) electrons. The Kier molecular flexibility index (Phi) is 8.25.